The van der Waals surface area contributed by atoms with Crippen LogP contribution in [0.15, 0.2) is 36.4 Å². The van der Waals surface area contributed by atoms with E-state index >= 15 is 0 Å². The first kappa shape index (κ1) is 14.2. The molecule has 0 atom stereocenters. The van der Waals surface area contributed by atoms with Gasteiger partial charge in [-0.2, -0.15) is 5.26 Å². The highest BCUT2D eigenvalue weighted by atomic mass is 35.5. The lowest BCUT2D eigenvalue weighted by molar-refractivity contribution is 0.295. The van der Waals surface area contributed by atoms with Crippen molar-refractivity contribution in [1.29, 1.82) is 5.26 Å². The minimum absolute atomic E-state index is 0.319. The van der Waals surface area contributed by atoms with Crippen LogP contribution in [-0.2, 0) is 6.61 Å². The largest absolute Gasteiger partial charge is 0.496 e. The zero-order valence-electron chi connectivity index (χ0n) is 11.3. The molecule has 0 aromatic heterocycles. The van der Waals surface area contributed by atoms with Crippen LogP contribution >= 0.6 is 11.6 Å². The second-order valence-corrected chi connectivity index (χ2v) is 4.77. The molecule has 0 fully saturated rings. The third-order valence-electron chi connectivity index (χ3n) is 2.94. The van der Waals surface area contributed by atoms with Crippen molar-refractivity contribution in [2.45, 2.75) is 13.5 Å². The Balaban J connectivity index is 2.22. The molecular formula is C16H14ClNO2. The summed E-state index contributed by atoms with van der Waals surface area (Å²) in [6.07, 6.45) is 0. The second kappa shape index (κ2) is 6.31. The summed E-state index contributed by atoms with van der Waals surface area (Å²) in [6, 6.07) is 12.8. The predicted octanol–water partition coefficient (Wildman–Crippen LogP) is 4.11. The first-order valence-corrected chi connectivity index (χ1v) is 6.48. The Morgan fingerprint density at radius 1 is 1.15 bits per heavy atom. The molecule has 0 spiro atoms. The van der Waals surface area contributed by atoms with Crippen LogP contribution in [0.25, 0.3) is 0 Å². The van der Waals surface area contributed by atoms with E-state index in [0.717, 1.165) is 16.9 Å². The van der Waals surface area contributed by atoms with E-state index in [4.69, 9.17) is 26.3 Å². The zero-order chi connectivity index (χ0) is 14.5. The first-order chi connectivity index (χ1) is 9.63. The van der Waals surface area contributed by atoms with E-state index in [-0.39, 0.29) is 0 Å². The summed E-state index contributed by atoms with van der Waals surface area (Å²) in [6.45, 7) is 2.27. The Labute approximate surface area is 123 Å². The number of halogens is 1. The van der Waals surface area contributed by atoms with Gasteiger partial charge in [-0.3, -0.25) is 0 Å². The maximum atomic E-state index is 8.94. The molecular weight excluding hydrogens is 274 g/mol. The molecule has 3 nitrogen and oxygen atoms in total. The number of hydrogen-bond donors (Lipinski definition) is 0. The number of rotatable bonds is 4. The van der Waals surface area contributed by atoms with Crippen LogP contribution < -0.4 is 9.47 Å². The maximum Gasteiger partial charge on any atom is 0.125 e. The summed E-state index contributed by atoms with van der Waals surface area (Å²) in [4.78, 5) is 0. The van der Waals surface area contributed by atoms with Gasteiger partial charge < -0.3 is 9.47 Å². The molecule has 2 aromatic carbocycles. The van der Waals surface area contributed by atoms with E-state index in [1.54, 1.807) is 31.4 Å². The van der Waals surface area contributed by atoms with E-state index in [0.29, 0.717) is 22.9 Å². The summed E-state index contributed by atoms with van der Waals surface area (Å²) >= 11 is 5.96. The van der Waals surface area contributed by atoms with Gasteiger partial charge in [0.05, 0.1) is 18.7 Å². The quantitative estimate of drug-likeness (QED) is 0.850. The Morgan fingerprint density at radius 3 is 2.65 bits per heavy atom. The number of benzene rings is 2. The molecule has 0 unspecified atom stereocenters. The topological polar surface area (TPSA) is 42.2 Å². The lowest BCUT2D eigenvalue weighted by Crippen LogP contribution is -2.00. The molecule has 0 N–H and O–H groups in total. The minimum atomic E-state index is 0.319. The third-order valence-corrected chi connectivity index (χ3v) is 3.18. The van der Waals surface area contributed by atoms with Gasteiger partial charge in [-0.05, 0) is 42.8 Å². The fraction of sp³-hybridized carbons (Fsp3) is 0.188. The van der Waals surface area contributed by atoms with Crippen LogP contribution in [-0.4, -0.2) is 7.11 Å². The molecule has 2 rings (SSSR count). The molecule has 0 amide bonds. The monoisotopic (exact) mass is 287 g/mol. The molecule has 0 aliphatic rings. The fourth-order valence-corrected chi connectivity index (χ4v) is 2.01. The number of nitrogens with zero attached hydrogens (tertiary/aromatic N) is 1. The van der Waals surface area contributed by atoms with Crippen LogP contribution in [0.2, 0.25) is 5.02 Å². The zero-order valence-corrected chi connectivity index (χ0v) is 12.1. The van der Waals surface area contributed by atoms with Gasteiger partial charge in [-0.25, -0.2) is 0 Å². The molecule has 0 aliphatic heterocycles. The molecule has 0 radical (unpaired) electrons. The summed E-state index contributed by atoms with van der Waals surface area (Å²) in [5.41, 5.74) is 2.41. The highest BCUT2D eigenvalue weighted by molar-refractivity contribution is 6.30. The molecule has 0 saturated carbocycles. The summed E-state index contributed by atoms with van der Waals surface area (Å²) in [5, 5.41) is 9.57. The van der Waals surface area contributed by atoms with Crippen molar-refractivity contribution >= 4 is 11.6 Å². The number of methoxy groups -OCH3 is 1. The lowest BCUT2D eigenvalue weighted by atomic mass is 10.1. The van der Waals surface area contributed by atoms with Crippen molar-refractivity contribution in [3.05, 3.63) is 58.1 Å². The highest BCUT2D eigenvalue weighted by Crippen LogP contribution is 2.26. The van der Waals surface area contributed by atoms with Gasteiger partial charge in [-0.1, -0.05) is 17.7 Å². The Kier molecular flexibility index (Phi) is 4.49. The predicted molar refractivity (Wildman–Crippen MR) is 78.2 cm³/mol. The van der Waals surface area contributed by atoms with Gasteiger partial charge in [-0.15, -0.1) is 0 Å². The molecule has 0 saturated heterocycles. The summed E-state index contributed by atoms with van der Waals surface area (Å²) in [5.74, 6) is 1.42. The van der Waals surface area contributed by atoms with Gasteiger partial charge in [0.2, 0.25) is 0 Å². The number of hydrogen-bond acceptors (Lipinski definition) is 3. The molecule has 20 heavy (non-hydrogen) atoms. The van der Waals surface area contributed by atoms with Crippen LogP contribution in [0.3, 0.4) is 0 Å². The van der Waals surface area contributed by atoms with Crippen molar-refractivity contribution < 1.29 is 9.47 Å². The fourth-order valence-electron chi connectivity index (χ4n) is 1.85. The molecule has 2 aromatic rings. The van der Waals surface area contributed by atoms with Crippen LogP contribution in [0.1, 0.15) is 16.7 Å². The maximum absolute atomic E-state index is 8.94. The van der Waals surface area contributed by atoms with Gasteiger partial charge in [0, 0.05) is 10.6 Å². The van der Waals surface area contributed by atoms with Crippen LogP contribution in [0, 0.1) is 18.3 Å². The highest BCUT2D eigenvalue weighted by Gasteiger charge is 2.07. The molecule has 102 valence electrons. The van der Waals surface area contributed by atoms with Crippen molar-refractivity contribution in [2.75, 3.05) is 7.11 Å². The Bertz CT molecular complexity index is 662. The third kappa shape index (κ3) is 3.23. The Morgan fingerprint density at radius 2 is 1.95 bits per heavy atom. The van der Waals surface area contributed by atoms with Crippen LogP contribution in [0.4, 0.5) is 0 Å². The van der Waals surface area contributed by atoms with Gasteiger partial charge in [0.15, 0.2) is 0 Å². The average molecular weight is 288 g/mol. The number of ether oxygens (including phenoxy) is 2. The summed E-state index contributed by atoms with van der Waals surface area (Å²) < 4.78 is 11.0. The molecule has 0 aliphatic carbocycles. The van der Waals surface area contributed by atoms with E-state index in [2.05, 4.69) is 6.07 Å². The van der Waals surface area contributed by atoms with E-state index < -0.39 is 0 Å². The normalized spacial score (nSPS) is 9.90. The average Bonchev–Trinajstić information content (AvgIpc) is 2.47. The minimum Gasteiger partial charge on any atom is -0.496 e. The smallest absolute Gasteiger partial charge is 0.125 e. The van der Waals surface area contributed by atoms with E-state index in [1.165, 1.54) is 0 Å². The standard InChI is InChI=1S/C16H14ClNO2/c1-11-3-5-14(17)8-16(11)20-10-13-7-12(9-18)4-6-15(13)19-2/h3-8H,10H2,1-2H3. The molecule has 4 heteroatoms. The number of nitriles is 1. The van der Waals surface area contributed by atoms with Gasteiger partial charge in [0.1, 0.15) is 18.1 Å². The van der Waals surface area contributed by atoms with Gasteiger partial charge >= 0.3 is 0 Å². The van der Waals surface area contributed by atoms with Gasteiger partial charge in [0.25, 0.3) is 0 Å². The lowest BCUT2D eigenvalue weighted by Gasteiger charge is -2.12. The van der Waals surface area contributed by atoms with Crippen molar-refractivity contribution in [2.24, 2.45) is 0 Å². The molecule has 0 heterocycles. The SMILES string of the molecule is COc1ccc(C#N)cc1COc1cc(Cl)ccc1C. The van der Waals surface area contributed by atoms with Crippen molar-refractivity contribution in [3.63, 3.8) is 0 Å². The Hall–Kier alpha value is -2.18. The van der Waals surface area contributed by atoms with E-state index in [1.807, 2.05) is 19.1 Å². The summed E-state index contributed by atoms with van der Waals surface area (Å²) in [7, 11) is 1.59. The van der Waals surface area contributed by atoms with Crippen LogP contribution in [0.5, 0.6) is 11.5 Å². The molecule has 0 bridgehead atoms. The first-order valence-electron chi connectivity index (χ1n) is 6.10. The van der Waals surface area contributed by atoms with E-state index in [9.17, 15) is 0 Å². The number of aryl methyl sites for hydroxylation is 1. The van der Waals surface area contributed by atoms with Crippen molar-refractivity contribution in [1.82, 2.24) is 0 Å². The second-order valence-electron chi connectivity index (χ2n) is 4.34. The van der Waals surface area contributed by atoms with Crippen molar-refractivity contribution in [3.8, 4) is 17.6 Å².